The summed E-state index contributed by atoms with van der Waals surface area (Å²) in [5, 5.41) is 0. The minimum atomic E-state index is 0.789. The van der Waals surface area contributed by atoms with Gasteiger partial charge in [0.2, 0.25) is 5.96 Å². The molecule has 1 heterocycles. The number of hydrogen-bond donors (Lipinski definition) is 0. The number of guanidine groups is 1. The van der Waals surface area contributed by atoms with Gasteiger partial charge in [-0.05, 0) is 19.6 Å². The lowest BCUT2D eigenvalue weighted by Gasteiger charge is -2.14. The normalized spacial score (nSPS) is 19.7. The second-order valence-corrected chi connectivity index (χ2v) is 2.38. The third kappa shape index (κ3) is 1.35. The average Bonchev–Trinajstić information content (AvgIpc) is 2.43. The van der Waals surface area contributed by atoms with Crippen molar-refractivity contribution in [2.45, 2.75) is 12.8 Å². The Hall–Kier alpha value is -0.860. The van der Waals surface area contributed by atoms with Crippen LogP contribution in [0.3, 0.4) is 0 Å². The van der Waals surface area contributed by atoms with Gasteiger partial charge in [-0.2, -0.15) is 0 Å². The number of likely N-dealkylation sites (tertiary alicyclic amines) is 1. The number of rotatable bonds is 0. The molecule has 0 aromatic rings. The third-order valence-electron chi connectivity index (χ3n) is 1.73. The highest BCUT2D eigenvalue weighted by Crippen LogP contribution is 2.07. The number of hydrogen-bond acceptors (Lipinski definition) is 1. The van der Waals surface area contributed by atoms with Crippen molar-refractivity contribution in [3.05, 3.63) is 0 Å². The molecule has 0 amide bonds. The molecule has 0 bridgehead atoms. The molecule has 1 saturated heterocycles. The first kappa shape index (κ1) is 7.25. The molecule has 1 fully saturated rings. The lowest BCUT2D eigenvalue weighted by atomic mass is 10.4. The first-order chi connectivity index (χ1) is 4.88. The Morgan fingerprint density at radius 1 is 1.40 bits per heavy atom. The summed E-state index contributed by atoms with van der Waals surface area (Å²) in [6.07, 6.45) is 2.52. The van der Waals surface area contributed by atoms with E-state index in [1.165, 1.54) is 12.8 Å². The summed E-state index contributed by atoms with van der Waals surface area (Å²) in [4.78, 5) is 9.98. The Morgan fingerprint density at radius 3 is 2.40 bits per heavy atom. The number of nitrogens with zero attached hydrogens (tertiary/aromatic N) is 3. The average molecular weight is 139 g/mol. The van der Waals surface area contributed by atoms with Gasteiger partial charge in [0, 0.05) is 20.1 Å². The second-order valence-electron chi connectivity index (χ2n) is 2.38. The van der Waals surface area contributed by atoms with Crippen LogP contribution in [0.2, 0.25) is 0 Å². The van der Waals surface area contributed by atoms with E-state index >= 15 is 0 Å². The first-order valence-electron chi connectivity index (χ1n) is 3.57. The molecular formula is C7H13N3. The van der Waals surface area contributed by atoms with Crippen molar-refractivity contribution in [2.75, 3.05) is 20.1 Å². The monoisotopic (exact) mass is 139 g/mol. The molecule has 1 aliphatic heterocycles. The van der Waals surface area contributed by atoms with Crippen molar-refractivity contribution in [3.8, 4) is 0 Å². The summed E-state index contributed by atoms with van der Waals surface area (Å²) >= 11 is 0. The fourth-order valence-electron chi connectivity index (χ4n) is 1.23. The Morgan fingerprint density at radius 2 is 2.00 bits per heavy atom. The van der Waals surface area contributed by atoms with Gasteiger partial charge in [-0.15, -0.1) is 0 Å². The zero-order valence-corrected chi connectivity index (χ0v) is 6.38. The zero-order chi connectivity index (χ0) is 7.40. The largest absolute Gasteiger partial charge is 0.341 e. The molecule has 1 aliphatic rings. The molecule has 0 saturated carbocycles. The van der Waals surface area contributed by atoms with Gasteiger partial charge in [-0.3, -0.25) is 4.99 Å². The van der Waals surface area contributed by atoms with Crippen LogP contribution in [0.1, 0.15) is 12.8 Å². The molecule has 0 aromatic heterocycles. The fourth-order valence-corrected chi connectivity index (χ4v) is 1.23. The van der Waals surface area contributed by atoms with Crippen molar-refractivity contribution in [3.63, 3.8) is 0 Å². The summed E-state index contributed by atoms with van der Waals surface area (Å²) in [5.74, 6) is 0.789. The lowest BCUT2D eigenvalue weighted by molar-refractivity contribution is 0.513. The minimum Gasteiger partial charge on any atom is -0.341 e. The van der Waals surface area contributed by atoms with E-state index in [2.05, 4.69) is 21.6 Å². The molecule has 0 aromatic carbocycles. The SMILES string of the molecule is C=NC(=NC)N1CCCC1. The number of aliphatic imine (C=N–C) groups is 2. The molecule has 0 unspecified atom stereocenters. The molecule has 56 valence electrons. The van der Waals surface area contributed by atoms with Crippen LogP contribution in [0.4, 0.5) is 0 Å². The standard InChI is InChI=1S/C7H13N3/c1-8-7(9-2)10-5-3-4-6-10/h1,3-6H2,2H3. The quantitative estimate of drug-likeness (QED) is 0.360. The van der Waals surface area contributed by atoms with Crippen molar-refractivity contribution in [2.24, 2.45) is 9.98 Å². The Balaban J connectivity index is 2.53. The fraction of sp³-hybridized carbons (Fsp3) is 0.714. The highest BCUT2D eigenvalue weighted by Gasteiger charge is 2.13. The molecule has 1 rings (SSSR count). The summed E-state index contributed by atoms with van der Waals surface area (Å²) in [6.45, 7) is 5.63. The Labute approximate surface area is 61.5 Å². The smallest absolute Gasteiger partial charge is 0.219 e. The summed E-state index contributed by atoms with van der Waals surface area (Å²) in [5.41, 5.74) is 0. The highest BCUT2D eigenvalue weighted by atomic mass is 15.3. The van der Waals surface area contributed by atoms with Crippen LogP contribution in [0.5, 0.6) is 0 Å². The van der Waals surface area contributed by atoms with Crippen LogP contribution in [-0.2, 0) is 0 Å². The molecule has 3 heteroatoms. The molecule has 3 nitrogen and oxygen atoms in total. The second kappa shape index (κ2) is 3.34. The molecule has 0 aliphatic carbocycles. The van der Waals surface area contributed by atoms with Crippen LogP contribution in [0.15, 0.2) is 9.98 Å². The van der Waals surface area contributed by atoms with E-state index in [9.17, 15) is 0 Å². The van der Waals surface area contributed by atoms with E-state index in [4.69, 9.17) is 0 Å². The van der Waals surface area contributed by atoms with Crippen LogP contribution >= 0.6 is 0 Å². The van der Waals surface area contributed by atoms with Gasteiger partial charge in [0.25, 0.3) is 0 Å². The van der Waals surface area contributed by atoms with Crippen LogP contribution in [0, 0.1) is 0 Å². The van der Waals surface area contributed by atoms with Crippen molar-refractivity contribution >= 4 is 12.7 Å². The van der Waals surface area contributed by atoms with Gasteiger partial charge in [0.15, 0.2) is 0 Å². The van der Waals surface area contributed by atoms with Gasteiger partial charge in [-0.1, -0.05) is 0 Å². The van der Waals surface area contributed by atoms with Crippen molar-refractivity contribution < 1.29 is 0 Å². The van der Waals surface area contributed by atoms with Gasteiger partial charge >= 0.3 is 0 Å². The predicted octanol–water partition coefficient (Wildman–Crippen LogP) is 0.769. The highest BCUT2D eigenvalue weighted by molar-refractivity contribution is 5.84. The maximum absolute atomic E-state index is 4.00. The van der Waals surface area contributed by atoms with Gasteiger partial charge in [-0.25, -0.2) is 4.99 Å². The Kier molecular flexibility index (Phi) is 2.42. The summed E-state index contributed by atoms with van der Waals surface area (Å²) in [7, 11) is 1.75. The summed E-state index contributed by atoms with van der Waals surface area (Å²) in [6, 6.07) is 0. The van der Waals surface area contributed by atoms with Gasteiger partial charge in [0.1, 0.15) is 0 Å². The van der Waals surface area contributed by atoms with E-state index in [0.29, 0.717) is 0 Å². The maximum Gasteiger partial charge on any atom is 0.219 e. The van der Waals surface area contributed by atoms with Crippen molar-refractivity contribution in [1.29, 1.82) is 0 Å². The minimum absolute atomic E-state index is 0.789. The molecule has 10 heavy (non-hydrogen) atoms. The summed E-state index contributed by atoms with van der Waals surface area (Å²) < 4.78 is 0. The predicted molar refractivity (Wildman–Crippen MR) is 43.7 cm³/mol. The topological polar surface area (TPSA) is 28.0 Å². The van der Waals surface area contributed by atoms with E-state index in [1.807, 2.05) is 0 Å². The lowest BCUT2D eigenvalue weighted by Crippen LogP contribution is -2.25. The third-order valence-corrected chi connectivity index (χ3v) is 1.73. The molecule has 0 radical (unpaired) electrons. The van der Waals surface area contributed by atoms with Crippen LogP contribution in [0.25, 0.3) is 0 Å². The van der Waals surface area contributed by atoms with E-state index in [1.54, 1.807) is 7.05 Å². The molecular weight excluding hydrogens is 126 g/mol. The van der Waals surface area contributed by atoms with E-state index in [0.717, 1.165) is 19.0 Å². The van der Waals surface area contributed by atoms with Crippen LogP contribution in [-0.4, -0.2) is 37.7 Å². The Bertz CT molecular complexity index is 145. The molecule has 0 atom stereocenters. The van der Waals surface area contributed by atoms with E-state index < -0.39 is 0 Å². The van der Waals surface area contributed by atoms with E-state index in [-0.39, 0.29) is 0 Å². The molecule has 0 N–H and O–H groups in total. The molecule has 0 spiro atoms. The first-order valence-corrected chi connectivity index (χ1v) is 3.57. The zero-order valence-electron chi connectivity index (χ0n) is 6.38. The van der Waals surface area contributed by atoms with Gasteiger partial charge < -0.3 is 4.90 Å². The van der Waals surface area contributed by atoms with Crippen LogP contribution < -0.4 is 0 Å². The maximum atomic E-state index is 4.00. The van der Waals surface area contributed by atoms with Gasteiger partial charge in [0.05, 0.1) is 0 Å². The van der Waals surface area contributed by atoms with Crippen molar-refractivity contribution in [1.82, 2.24) is 4.90 Å².